The van der Waals surface area contributed by atoms with Gasteiger partial charge in [0, 0.05) is 6.54 Å². The second kappa shape index (κ2) is 11.4. The van der Waals surface area contributed by atoms with Crippen molar-refractivity contribution >= 4 is 11.9 Å². The molecule has 0 spiro atoms. The second-order valence-corrected chi connectivity index (χ2v) is 2.78. The number of aliphatic carboxylic acids is 2. The molecule has 0 rings (SSSR count). The van der Waals surface area contributed by atoms with Crippen LogP contribution in [0.4, 0.5) is 0 Å². The van der Waals surface area contributed by atoms with Crippen molar-refractivity contribution in [1.29, 1.82) is 0 Å². The lowest BCUT2D eigenvalue weighted by Gasteiger charge is -1.98. The molecule has 0 aliphatic heterocycles. The minimum Gasteiger partial charge on any atom is -0.480 e. The van der Waals surface area contributed by atoms with E-state index in [9.17, 15) is 9.59 Å². The zero-order valence-electron chi connectivity index (χ0n) is 9.06. The molecule has 0 saturated carbocycles. The molecule has 0 aliphatic carbocycles. The quantitative estimate of drug-likeness (QED) is 0.356. The summed E-state index contributed by atoms with van der Waals surface area (Å²) >= 11 is 0. The van der Waals surface area contributed by atoms with Crippen molar-refractivity contribution < 1.29 is 19.8 Å². The summed E-state index contributed by atoms with van der Waals surface area (Å²) < 4.78 is 0. The first-order valence-electron chi connectivity index (χ1n) is 4.58. The first-order chi connectivity index (χ1) is 7.45. The summed E-state index contributed by atoms with van der Waals surface area (Å²) in [5.41, 5.74) is 5.06. The van der Waals surface area contributed by atoms with Crippen molar-refractivity contribution in [2.75, 3.05) is 13.1 Å². The molecule has 0 aromatic carbocycles. The lowest BCUT2D eigenvalue weighted by Crippen LogP contribution is -2.28. The molecular formula is C10H18N2O4. The smallest absolute Gasteiger partial charge is 0.320 e. The highest BCUT2D eigenvalue weighted by Crippen LogP contribution is 1.86. The Bertz CT molecular complexity index is 241. The number of carboxylic acids is 2. The van der Waals surface area contributed by atoms with E-state index < -0.39 is 18.0 Å². The van der Waals surface area contributed by atoms with Crippen LogP contribution in [0, 0.1) is 0 Å². The average molecular weight is 230 g/mol. The van der Waals surface area contributed by atoms with Gasteiger partial charge in [-0.15, -0.1) is 13.2 Å². The maximum Gasteiger partial charge on any atom is 0.320 e. The van der Waals surface area contributed by atoms with Gasteiger partial charge in [-0.05, 0) is 6.42 Å². The normalized spacial score (nSPS) is 10.6. The monoisotopic (exact) mass is 230 g/mol. The van der Waals surface area contributed by atoms with Crippen molar-refractivity contribution in [1.82, 2.24) is 5.32 Å². The third-order valence-corrected chi connectivity index (χ3v) is 1.30. The highest BCUT2D eigenvalue weighted by atomic mass is 16.4. The van der Waals surface area contributed by atoms with Crippen molar-refractivity contribution in [3.63, 3.8) is 0 Å². The molecule has 5 N–H and O–H groups in total. The molecule has 0 bridgehead atoms. The number of nitrogens with one attached hydrogen (secondary N) is 1. The number of carboxylic acid groups (broad SMARTS) is 2. The van der Waals surface area contributed by atoms with E-state index in [-0.39, 0.29) is 6.54 Å². The number of rotatable bonds is 7. The molecule has 1 unspecified atom stereocenters. The Morgan fingerprint density at radius 2 is 1.88 bits per heavy atom. The fourth-order valence-electron chi connectivity index (χ4n) is 0.562. The molecule has 16 heavy (non-hydrogen) atoms. The summed E-state index contributed by atoms with van der Waals surface area (Å²) in [6, 6.07) is -0.785. The molecule has 0 fully saturated rings. The molecule has 0 aromatic rings. The van der Waals surface area contributed by atoms with Gasteiger partial charge in [0.25, 0.3) is 0 Å². The summed E-state index contributed by atoms with van der Waals surface area (Å²) in [5, 5.41) is 18.8. The van der Waals surface area contributed by atoms with Gasteiger partial charge in [-0.1, -0.05) is 12.2 Å². The molecule has 0 aliphatic rings. The fourth-order valence-corrected chi connectivity index (χ4v) is 0.562. The molecule has 6 nitrogen and oxygen atoms in total. The lowest BCUT2D eigenvalue weighted by molar-refractivity contribution is -0.138. The minimum absolute atomic E-state index is 0.00597. The van der Waals surface area contributed by atoms with E-state index in [0.29, 0.717) is 13.0 Å². The second-order valence-electron chi connectivity index (χ2n) is 2.78. The third-order valence-electron chi connectivity index (χ3n) is 1.30. The van der Waals surface area contributed by atoms with Gasteiger partial charge in [0.2, 0.25) is 0 Å². The Morgan fingerprint density at radius 3 is 2.12 bits per heavy atom. The van der Waals surface area contributed by atoms with Crippen LogP contribution in [0.15, 0.2) is 25.3 Å². The van der Waals surface area contributed by atoms with Crippen LogP contribution in [0.3, 0.4) is 0 Å². The molecule has 92 valence electrons. The number of hydrogen-bond acceptors (Lipinski definition) is 4. The molecule has 1 atom stereocenters. The molecule has 0 amide bonds. The molecule has 6 heteroatoms. The fraction of sp³-hybridized carbons (Fsp3) is 0.400. The highest BCUT2D eigenvalue weighted by Gasteiger charge is 2.06. The van der Waals surface area contributed by atoms with Crippen molar-refractivity contribution in [3.8, 4) is 0 Å². The highest BCUT2D eigenvalue weighted by molar-refractivity contribution is 5.73. The first kappa shape index (κ1) is 16.8. The van der Waals surface area contributed by atoms with Gasteiger partial charge in [0.15, 0.2) is 0 Å². The minimum atomic E-state index is -0.982. The van der Waals surface area contributed by atoms with Crippen LogP contribution < -0.4 is 11.1 Å². The van der Waals surface area contributed by atoms with Crippen LogP contribution in [-0.4, -0.2) is 41.3 Å². The zero-order valence-corrected chi connectivity index (χ0v) is 9.06. The molecular weight excluding hydrogens is 212 g/mol. The van der Waals surface area contributed by atoms with E-state index in [0.717, 1.165) is 0 Å². The van der Waals surface area contributed by atoms with E-state index in [2.05, 4.69) is 18.5 Å². The van der Waals surface area contributed by atoms with Gasteiger partial charge >= 0.3 is 11.9 Å². The summed E-state index contributed by atoms with van der Waals surface area (Å²) in [7, 11) is 0. The largest absolute Gasteiger partial charge is 0.480 e. The van der Waals surface area contributed by atoms with Gasteiger partial charge in [-0.25, -0.2) is 0 Å². The summed E-state index contributed by atoms with van der Waals surface area (Å²) in [4.78, 5) is 19.7. The van der Waals surface area contributed by atoms with E-state index in [1.54, 1.807) is 6.08 Å². The summed E-state index contributed by atoms with van der Waals surface area (Å²) in [6.45, 7) is 7.30. The first-order valence-corrected chi connectivity index (χ1v) is 4.58. The predicted molar refractivity (Wildman–Crippen MR) is 61.1 cm³/mol. The van der Waals surface area contributed by atoms with Gasteiger partial charge in [-0.3, -0.25) is 9.59 Å². The van der Waals surface area contributed by atoms with Crippen LogP contribution >= 0.6 is 0 Å². The zero-order chi connectivity index (χ0) is 13.0. The summed E-state index contributed by atoms with van der Waals surface area (Å²) in [5.74, 6) is -1.82. The van der Waals surface area contributed by atoms with Gasteiger partial charge < -0.3 is 21.3 Å². The molecule has 0 saturated heterocycles. The van der Waals surface area contributed by atoms with Crippen LogP contribution in [0.25, 0.3) is 0 Å². The number of nitrogens with two attached hydrogens (primary N) is 1. The van der Waals surface area contributed by atoms with E-state index in [1.807, 2.05) is 0 Å². The Kier molecular flexibility index (Phi) is 12.0. The Labute approximate surface area is 94.5 Å². The van der Waals surface area contributed by atoms with Gasteiger partial charge in [0.1, 0.15) is 6.04 Å². The average Bonchev–Trinajstić information content (AvgIpc) is 2.19. The SMILES string of the molecule is C=CCC(N)C(=O)O.C=CCNCC(=O)O. The van der Waals surface area contributed by atoms with E-state index in [4.69, 9.17) is 15.9 Å². The van der Waals surface area contributed by atoms with Crippen LogP contribution in [0.2, 0.25) is 0 Å². The lowest BCUT2D eigenvalue weighted by atomic mass is 10.2. The van der Waals surface area contributed by atoms with Crippen molar-refractivity contribution in [2.24, 2.45) is 5.73 Å². The van der Waals surface area contributed by atoms with Crippen molar-refractivity contribution in [2.45, 2.75) is 12.5 Å². The Morgan fingerprint density at radius 1 is 1.31 bits per heavy atom. The van der Waals surface area contributed by atoms with Crippen LogP contribution in [0.1, 0.15) is 6.42 Å². The van der Waals surface area contributed by atoms with Gasteiger partial charge in [0.05, 0.1) is 6.54 Å². The number of hydrogen-bond donors (Lipinski definition) is 4. The summed E-state index contributed by atoms with van der Waals surface area (Å²) in [6.07, 6.45) is 3.43. The molecule has 0 aromatic heterocycles. The topological polar surface area (TPSA) is 113 Å². The number of carbonyl (C=O) groups is 2. The predicted octanol–water partition coefficient (Wildman–Crippen LogP) is -0.179. The maximum atomic E-state index is 9.92. The van der Waals surface area contributed by atoms with E-state index in [1.165, 1.54) is 6.08 Å². The standard InChI is InChI=1S/2C5H9NO2/c1-2-3-6-4-5(7)8;1-2-3-4(6)5(7)8/h2,6H,1,3-4H2,(H,7,8);2,4H,1,3,6H2,(H,7,8). The van der Waals surface area contributed by atoms with Crippen molar-refractivity contribution in [3.05, 3.63) is 25.3 Å². The third kappa shape index (κ3) is 14.8. The van der Waals surface area contributed by atoms with Crippen LogP contribution in [0.5, 0.6) is 0 Å². The molecule has 0 heterocycles. The maximum absolute atomic E-state index is 9.92. The Balaban J connectivity index is 0. The van der Waals surface area contributed by atoms with Crippen LogP contribution in [-0.2, 0) is 9.59 Å². The Hall–Kier alpha value is -1.66. The molecule has 0 radical (unpaired) electrons. The van der Waals surface area contributed by atoms with Gasteiger partial charge in [-0.2, -0.15) is 0 Å². The van der Waals surface area contributed by atoms with E-state index >= 15 is 0 Å².